The molecule has 3 atom stereocenters. The summed E-state index contributed by atoms with van der Waals surface area (Å²) in [5.74, 6) is 0.749. The second-order valence-corrected chi connectivity index (χ2v) is 14.2. The fourth-order valence-electron chi connectivity index (χ4n) is 6.20. The number of hydrogen-bond acceptors (Lipinski definition) is 8. The molecule has 0 bridgehead atoms. The van der Waals surface area contributed by atoms with E-state index in [1.807, 2.05) is 18.2 Å². The summed E-state index contributed by atoms with van der Waals surface area (Å²) in [7, 11) is -3.16. The number of amides is 3. The number of nitrogens with two attached hydrogens (primary N) is 1. The minimum absolute atomic E-state index is 0.0552. The van der Waals surface area contributed by atoms with Crippen molar-refractivity contribution in [2.24, 2.45) is 11.7 Å². The summed E-state index contributed by atoms with van der Waals surface area (Å²) in [6, 6.07) is 12.0. The molecule has 1 saturated carbocycles. The van der Waals surface area contributed by atoms with Crippen molar-refractivity contribution in [2.75, 3.05) is 18.1 Å². The van der Waals surface area contributed by atoms with Crippen LogP contribution in [0.4, 0.5) is 4.79 Å². The number of urea groups is 1. The first kappa shape index (κ1) is 28.4. The van der Waals surface area contributed by atoms with E-state index in [2.05, 4.69) is 39.0 Å². The van der Waals surface area contributed by atoms with Crippen molar-refractivity contribution in [3.8, 4) is 11.1 Å². The molecule has 0 radical (unpaired) electrons. The van der Waals surface area contributed by atoms with Crippen molar-refractivity contribution in [2.45, 2.75) is 64.2 Å². The van der Waals surface area contributed by atoms with Crippen LogP contribution in [0.2, 0.25) is 0 Å². The van der Waals surface area contributed by atoms with E-state index in [1.165, 1.54) is 0 Å². The molecular formula is C30H36N6O5S. The zero-order valence-electron chi connectivity index (χ0n) is 23.9. The van der Waals surface area contributed by atoms with Crippen LogP contribution in [-0.4, -0.2) is 59.0 Å². The molecule has 11 nitrogen and oxygen atoms in total. The van der Waals surface area contributed by atoms with E-state index in [0.29, 0.717) is 57.2 Å². The molecule has 1 aliphatic carbocycles. The number of aryl methyl sites for hydroxylation is 1. The largest absolute Gasteiger partial charge is 0.352 e. The van der Waals surface area contributed by atoms with Crippen LogP contribution in [-0.2, 0) is 40.7 Å². The van der Waals surface area contributed by atoms with Crippen LogP contribution in [0, 0.1) is 12.8 Å². The van der Waals surface area contributed by atoms with E-state index in [4.69, 9.17) is 10.3 Å². The van der Waals surface area contributed by atoms with Crippen LogP contribution < -0.4 is 16.4 Å². The average molecular weight is 593 g/mol. The monoisotopic (exact) mass is 592 g/mol. The maximum absolute atomic E-state index is 13.4. The van der Waals surface area contributed by atoms with Crippen molar-refractivity contribution in [3.63, 3.8) is 0 Å². The second-order valence-electron chi connectivity index (χ2n) is 12.0. The van der Waals surface area contributed by atoms with Gasteiger partial charge in [-0.25, -0.2) is 13.2 Å². The first-order valence-corrected chi connectivity index (χ1v) is 16.1. The van der Waals surface area contributed by atoms with E-state index in [0.717, 1.165) is 33.4 Å². The molecule has 3 amide bonds. The van der Waals surface area contributed by atoms with E-state index < -0.39 is 15.4 Å². The summed E-state index contributed by atoms with van der Waals surface area (Å²) in [4.78, 5) is 32.4. The SMILES string of the molecule is Cc1noc(C2CC2C(=O)NCc2ccc(-c3cccc(CN)c3)c3c2CN(C(=O)N[C@@]2(C)CCS(=O)(=O)C2)CC3)n1. The quantitative estimate of drug-likeness (QED) is 0.377. The number of benzene rings is 2. The number of fused-ring (bicyclic) bond motifs is 1. The van der Waals surface area contributed by atoms with Gasteiger partial charge in [0.15, 0.2) is 15.7 Å². The molecule has 3 aliphatic rings. The van der Waals surface area contributed by atoms with Gasteiger partial charge in [0.05, 0.1) is 28.9 Å². The Morgan fingerprint density at radius 1 is 1.21 bits per heavy atom. The van der Waals surface area contributed by atoms with Crippen LogP contribution >= 0.6 is 0 Å². The van der Waals surface area contributed by atoms with Crippen molar-refractivity contribution < 1.29 is 22.5 Å². The van der Waals surface area contributed by atoms with E-state index >= 15 is 0 Å². The zero-order chi connectivity index (χ0) is 29.6. The Bertz CT molecular complexity index is 1650. The topological polar surface area (TPSA) is 161 Å². The highest BCUT2D eigenvalue weighted by Gasteiger charge is 2.47. The van der Waals surface area contributed by atoms with Crippen LogP contribution in [0.1, 0.15) is 59.7 Å². The maximum Gasteiger partial charge on any atom is 0.318 e. The minimum atomic E-state index is -3.16. The van der Waals surface area contributed by atoms with Gasteiger partial charge in [-0.1, -0.05) is 35.5 Å². The van der Waals surface area contributed by atoms with Crippen LogP contribution in [0.5, 0.6) is 0 Å². The second kappa shape index (κ2) is 10.8. The fourth-order valence-corrected chi connectivity index (χ4v) is 8.29. The Morgan fingerprint density at radius 3 is 2.76 bits per heavy atom. The molecule has 1 saturated heterocycles. The Morgan fingerprint density at radius 2 is 2.05 bits per heavy atom. The molecule has 222 valence electrons. The van der Waals surface area contributed by atoms with Crippen molar-refractivity contribution >= 4 is 21.8 Å². The lowest BCUT2D eigenvalue weighted by Gasteiger charge is -2.35. The van der Waals surface area contributed by atoms with E-state index in [-0.39, 0.29) is 35.3 Å². The summed E-state index contributed by atoms with van der Waals surface area (Å²) >= 11 is 0. The molecule has 2 fully saturated rings. The third kappa shape index (κ3) is 5.78. The Balaban J connectivity index is 1.23. The van der Waals surface area contributed by atoms with E-state index in [1.54, 1.807) is 18.7 Å². The van der Waals surface area contributed by atoms with Gasteiger partial charge in [0, 0.05) is 26.2 Å². The first-order chi connectivity index (χ1) is 20.0. The number of sulfone groups is 1. The van der Waals surface area contributed by atoms with Gasteiger partial charge in [-0.2, -0.15) is 4.98 Å². The summed E-state index contributed by atoms with van der Waals surface area (Å²) < 4.78 is 29.4. The first-order valence-electron chi connectivity index (χ1n) is 14.3. The normalized spacial score (nSPS) is 24.2. The van der Waals surface area contributed by atoms with Gasteiger partial charge in [0.2, 0.25) is 11.8 Å². The van der Waals surface area contributed by atoms with Crippen LogP contribution in [0.3, 0.4) is 0 Å². The van der Waals surface area contributed by atoms with Gasteiger partial charge in [0.25, 0.3) is 0 Å². The van der Waals surface area contributed by atoms with Gasteiger partial charge in [-0.05, 0) is 72.6 Å². The highest BCUT2D eigenvalue weighted by atomic mass is 32.2. The van der Waals surface area contributed by atoms with Gasteiger partial charge in [-0.15, -0.1) is 0 Å². The predicted molar refractivity (Wildman–Crippen MR) is 156 cm³/mol. The molecule has 0 spiro atoms. The highest BCUT2D eigenvalue weighted by Crippen LogP contribution is 2.47. The Hall–Kier alpha value is -3.77. The molecule has 6 rings (SSSR count). The smallest absolute Gasteiger partial charge is 0.318 e. The number of aromatic nitrogens is 2. The molecule has 42 heavy (non-hydrogen) atoms. The minimum Gasteiger partial charge on any atom is -0.352 e. The van der Waals surface area contributed by atoms with Gasteiger partial charge in [-0.3, -0.25) is 4.79 Å². The number of hydrogen-bond donors (Lipinski definition) is 3. The maximum atomic E-state index is 13.4. The van der Waals surface area contributed by atoms with Crippen molar-refractivity contribution in [1.29, 1.82) is 0 Å². The number of carbonyl (C=O) groups excluding carboxylic acids is 2. The Labute approximate surface area is 245 Å². The lowest BCUT2D eigenvalue weighted by atomic mass is 9.87. The molecule has 1 aromatic heterocycles. The summed E-state index contributed by atoms with van der Waals surface area (Å²) in [5, 5.41) is 9.90. The van der Waals surface area contributed by atoms with Gasteiger partial charge >= 0.3 is 6.03 Å². The lowest BCUT2D eigenvalue weighted by molar-refractivity contribution is -0.122. The van der Waals surface area contributed by atoms with Crippen molar-refractivity contribution in [1.82, 2.24) is 25.7 Å². The summed E-state index contributed by atoms with van der Waals surface area (Å²) in [5.41, 5.74) is 11.4. The number of carbonyl (C=O) groups is 2. The van der Waals surface area contributed by atoms with E-state index in [9.17, 15) is 18.0 Å². The molecule has 3 heterocycles. The van der Waals surface area contributed by atoms with Gasteiger partial charge < -0.3 is 25.8 Å². The number of nitrogens with one attached hydrogen (secondary N) is 2. The highest BCUT2D eigenvalue weighted by molar-refractivity contribution is 7.91. The van der Waals surface area contributed by atoms with Crippen molar-refractivity contribution in [3.05, 3.63) is 70.4 Å². The zero-order valence-corrected chi connectivity index (χ0v) is 24.7. The third-order valence-corrected chi connectivity index (χ3v) is 10.5. The average Bonchev–Trinajstić information content (AvgIpc) is 3.57. The van der Waals surface area contributed by atoms with Crippen LogP contribution in [0.25, 0.3) is 11.1 Å². The standard InChI is InChI=1S/C30H36N6O5S/c1-18-33-28(41-35-18)25-13-24(25)27(37)32-15-21-6-7-22(20-5-3-4-19(12-20)14-31)23-8-10-36(16-26(21)23)29(38)34-30(2)9-11-42(39,40)17-30/h3-7,12,24-25H,8-11,13-17,31H2,1-2H3,(H,32,37)(H,34,38)/t24?,25?,30-/m0/s1. The molecule has 3 aromatic rings. The third-order valence-electron chi connectivity index (χ3n) is 8.62. The van der Waals surface area contributed by atoms with Crippen LogP contribution in [0.15, 0.2) is 40.9 Å². The molecule has 2 unspecified atom stereocenters. The molecule has 2 aliphatic heterocycles. The molecule has 12 heteroatoms. The molecule has 4 N–H and O–H groups in total. The predicted octanol–water partition coefficient (Wildman–Crippen LogP) is 2.57. The Kier molecular flexibility index (Phi) is 7.30. The number of rotatable bonds is 7. The van der Waals surface area contributed by atoms with Gasteiger partial charge in [0.1, 0.15) is 0 Å². The summed E-state index contributed by atoms with van der Waals surface area (Å²) in [6.07, 6.45) is 1.70. The molecular weight excluding hydrogens is 556 g/mol. The lowest BCUT2D eigenvalue weighted by Crippen LogP contribution is -2.53. The molecule has 2 aromatic carbocycles. The number of nitrogens with zero attached hydrogens (tertiary/aromatic N) is 3. The summed E-state index contributed by atoms with van der Waals surface area (Å²) in [6.45, 7) is 5.15. The fraction of sp³-hybridized carbons (Fsp3) is 0.467.